The Labute approximate surface area is 176 Å². The van der Waals surface area contributed by atoms with Gasteiger partial charge in [-0.25, -0.2) is 4.79 Å². The fraction of sp³-hybridized carbons (Fsp3) is 0.182. The van der Waals surface area contributed by atoms with Gasteiger partial charge in [-0.2, -0.15) is 0 Å². The third-order valence-corrected chi connectivity index (χ3v) is 6.01. The Balaban J connectivity index is 1.27. The molecule has 0 saturated carbocycles. The van der Waals surface area contributed by atoms with Crippen molar-refractivity contribution in [3.8, 4) is 27.7 Å². The monoisotopic (exact) mass is 423 g/mol. The highest BCUT2D eigenvalue weighted by atomic mass is 32.1. The number of carbonyl (C=O) groups is 2. The van der Waals surface area contributed by atoms with Crippen molar-refractivity contribution in [2.75, 3.05) is 12.1 Å². The number of para-hydroxylation sites is 1. The van der Waals surface area contributed by atoms with E-state index in [0.29, 0.717) is 28.7 Å². The van der Waals surface area contributed by atoms with Gasteiger partial charge in [0.15, 0.2) is 17.6 Å². The molecule has 0 fully saturated rings. The van der Waals surface area contributed by atoms with Crippen LogP contribution in [0.15, 0.2) is 48.5 Å². The molecule has 2 aromatic carbocycles. The molecule has 3 heterocycles. The van der Waals surface area contributed by atoms with Gasteiger partial charge in [0.05, 0.1) is 0 Å². The molecule has 0 spiro atoms. The number of esters is 1. The van der Waals surface area contributed by atoms with Crippen LogP contribution in [0.3, 0.4) is 0 Å². The second-order valence-electron chi connectivity index (χ2n) is 6.85. The van der Waals surface area contributed by atoms with Gasteiger partial charge in [-0.15, -0.1) is 11.3 Å². The van der Waals surface area contributed by atoms with E-state index in [9.17, 15) is 9.59 Å². The molecule has 0 radical (unpaired) electrons. The second-order valence-corrected chi connectivity index (χ2v) is 7.91. The number of rotatable bonds is 4. The number of fused-ring (bicyclic) bond motifs is 4. The molecular formula is C22H17NO6S. The van der Waals surface area contributed by atoms with Crippen LogP contribution in [-0.4, -0.2) is 24.8 Å². The Bertz CT molecular complexity index is 1150. The first-order valence-corrected chi connectivity index (χ1v) is 10.2. The predicted molar refractivity (Wildman–Crippen MR) is 110 cm³/mol. The number of ether oxygens (including phenoxy) is 4. The largest absolute Gasteiger partial charge is 0.488 e. The lowest BCUT2D eigenvalue weighted by Gasteiger charge is -2.16. The molecule has 0 aliphatic carbocycles. The third kappa shape index (κ3) is 3.35. The van der Waals surface area contributed by atoms with Crippen molar-refractivity contribution >= 4 is 28.9 Å². The maximum absolute atomic E-state index is 12.6. The molecule has 1 aromatic heterocycles. The number of nitrogens with one attached hydrogen (secondary N) is 1. The minimum atomic E-state index is -0.967. The quantitative estimate of drug-likeness (QED) is 0.633. The van der Waals surface area contributed by atoms with Crippen molar-refractivity contribution in [1.29, 1.82) is 0 Å². The van der Waals surface area contributed by atoms with Crippen LogP contribution in [0.2, 0.25) is 0 Å². The number of hydrogen-bond donors (Lipinski definition) is 1. The summed E-state index contributed by atoms with van der Waals surface area (Å²) in [7, 11) is 0. The van der Waals surface area contributed by atoms with E-state index in [1.165, 1.54) is 18.3 Å². The Morgan fingerprint density at radius 1 is 1.03 bits per heavy atom. The molecule has 1 amide bonds. The molecule has 30 heavy (non-hydrogen) atoms. The number of thiophene rings is 1. The average Bonchev–Trinajstić information content (AvgIpc) is 3.40. The van der Waals surface area contributed by atoms with Crippen LogP contribution in [0.1, 0.15) is 22.2 Å². The SMILES string of the molecule is CC(OC(=O)c1cc2c(s1)-c1ccccc1OC2)C(=O)Nc1ccc2c(c1)OCO2. The Kier molecular flexibility index (Phi) is 4.55. The number of amides is 1. The van der Waals surface area contributed by atoms with E-state index >= 15 is 0 Å². The summed E-state index contributed by atoms with van der Waals surface area (Å²) in [5, 5.41) is 2.72. The summed E-state index contributed by atoms with van der Waals surface area (Å²) in [5.41, 5.74) is 2.42. The fourth-order valence-electron chi connectivity index (χ4n) is 3.29. The van der Waals surface area contributed by atoms with E-state index < -0.39 is 18.0 Å². The second kappa shape index (κ2) is 7.38. The van der Waals surface area contributed by atoms with E-state index in [0.717, 1.165) is 21.8 Å². The molecule has 1 atom stereocenters. The van der Waals surface area contributed by atoms with Gasteiger partial charge in [0.25, 0.3) is 5.91 Å². The number of carbonyl (C=O) groups excluding carboxylic acids is 2. The van der Waals surface area contributed by atoms with Crippen molar-refractivity contribution in [2.24, 2.45) is 0 Å². The highest BCUT2D eigenvalue weighted by Gasteiger charge is 2.25. The summed E-state index contributed by atoms with van der Waals surface area (Å²) in [4.78, 5) is 26.5. The zero-order valence-electron chi connectivity index (χ0n) is 16.0. The first kappa shape index (κ1) is 18.5. The lowest BCUT2D eigenvalue weighted by Crippen LogP contribution is -2.29. The number of anilines is 1. The van der Waals surface area contributed by atoms with Crippen LogP contribution >= 0.6 is 11.3 Å². The van der Waals surface area contributed by atoms with Crippen molar-refractivity contribution in [3.05, 3.63) is 59.0 Å². The Hall–Kier alpha value is -3.52. The molecule has 0 saturated heterocycles. The smallest absolute Gasteiger partial charge is 0.349 e. The van der Waals surface area contributed by atoms with E-state index in [-0.39, 0.29) is 6.79 Å². The normalized spacial score (nSPS) is 14.2. The minimum Gasteiger partial charge on any atom is -0.488 e. The molecule has 0 bridgehead atoms. The Morgan fingerprint density at radius 2 is 1.87 bits per heavy atom. The summed E-state index contributed by atoms with van der Waals surface area (Å²) >= 11 is 1.34. The maximum Gasteiger partial charge on any atom is 0.349 e. The molecule has 7 nitrogen and oxygen atoms in total. The van der Waals surface area contributed by atoms with Crippen molar-refractivity contribution in [1.82, 2.24) is 0 Å². The standard InChI is InChI=1S/C22H17NO6S/c1-12(21(24)23-14-6-7-17-18(9-14)28-11-27-17)29-22(25)19-8-13-10-26-16-5-3-2-4-15(16)20(13)30-19/h2-9,12H,10-11H2,1H3,(H,23,24). The van der Waals surface area contributed by atoms with Gasteiger partial charge in [-0.1, -0.05) is 12.1 Å². The molecule has 2 aliphatic rings. The van der Waals surface area contributed by atoms with Gasteiger partial charge in [-0.05, 0) is 37.3 Å². The highest BCUT2D eigenvalue weighted by molar-refractivity contribution is 7.17. The van der Waals surface area contributed by atoms with E-state index in [2.05, 4.69) is 5.32 Å². The van der Waals surface area contributed by atoms with Crippen LogP contribution < -0.4 is 19.5 Å². The van der Waals surface area contributed by atoms with Gasteiger partial charge in [0.1, 0.15) is 17.2 Å². The first-order valence-electron chi connectivity index (χ1n) is 9.35. The summed E-state index contributed by atoms with van der Waals surface area (Å²) in [6.07, 6.45) is -0.967. The summed E-state index contributed by atoms with van der Waals surface area (Å²) in [6, 6.07) is 14.5. The summed E-state index contributed by atoms with van der Waals surface area (Å²) < 4.78 is 21.7. The van der Waals surface area contributed by atoms with Crippen molar-refractivity contribution in [3.63, 3.8) is 0 Å². The predicted octanol–water partition coefficient (Wildman–Crippen LogP) is 4.22. The Morgan fingerprint density at radius 3 is 2.77 bits per heavy atom. The minimum absolute atomic E-state index is 0.154. The maximum atomic E-state index is 12.6. The third-order valence-electron chi connectivity index (χ3n) is 4.82. The molecule has 2 aliphatic heterocycles. The zero-order valence-corrected chi connectivity index (χ0v) is 16.8. The van der Waals surface area contributed by atoms with Gasteiger partial charge in [0.2, 0.25) is 6.79 Å². The van der Waals surface area contributed by atoms with Gasteiger partial charge in [-0.3, -0.25) is 4.79 Å². The van der Waals surface area contributed by atoms with E-state index in [1.807, 2.05) is 24.3 Å². The van der Waals surface area contributed by atoms with Crippen LogP contribution in [-0.2, 0) is 16.1 Å². The van der Waals surface area contributed by atoms with E-state index in [4.69, 9.17) is 18.9 Å². The number of hydrogen-bond acceptors (Lipinski definition) is 7. The average molecular weight is 423 g/mol. The summed E-state index contributed by atoms with van der Waals surface area (Å²) in [6.45, 7) is 2.09. The summed E-state index contributed by atoms with van der Waals surface area (Å²) in [5.74, 6) is 1.00. The van der Waals surface area contributed by atoms with Gasteiger partial charge < -0.3 is 24.3 Å². The fourth-order valence-corrected chi connectivity index (χ4v) is 4.37. The van der Waals surface area contributed by atoms with Crippen LogP contribution in [0, 0.1) is 0 Å². The number of benzene rings is 2. The molecule has 152 valence electrons. The van der Waals surface area contributed by atoms with Crippen molar-refractivity contribution < 1.29 is 28.5 Å². The molecular weight excluding hydrogens is 406 g/mol. The molecule has 3 aromatic rings. The topological polar surface area (TPSA) is 83.1 Å². The van der Waals surface area contributed by atoms with Crippen LogP contribution in [0.25, 0.3) is 10.4 Å². The molecule has 5 rings (SSSR count). The first-order chi connectivity index (χ1) is 14.6. The molecule has 8 heteroatoms. The van der Waals surface area contributed by atoms with Crippen LogP contribution in [0.4, 0.5) is 5.69 Å². The van der Waals surface area contributed by atoms with Crippen LogP contribution in [0.5, 0.6) is 17.2 Å². The van der Waals surface area contributed by atoms with Crippen molar-refractivity contribution in [2.45, 2.75) is 19.6 Å². The highest BCUT2D eigenvalue weighted by Crippen LogP contribution is 2.42. The lowest BCUT2D eigenvalue weighted by atomic mass is 10.1. The van der Waals surface area contributed by atoms with Gasteiger partial charge >= 0.3 is 5.97 Å². The molecule has 1 unspecified atom stereocenters. The van der Waals surface area contributed by atoms with Gasteiger partial charge in [0, 0.05) is 27.8 Å². The lowest BCUT2D eigenvalue weighted by molar-refractivity contribution is -0.123. The molecule has 1 N–H and O–H groups in total. The van der Waals surface area contributed by atoms with E-state index in [1.54, 1.807) is 24.3 Å². The zero-order chi connectivity index (χ0) is 20.7.